The number of aromatic nitrogens is 3. The van der Waals surface area contributed by atoms with Crippen LogP contribution in [0.15, 0.2) is 48.8 Å². The molecule has 2 fully saturated rings. The van der Waals surface area contributed by atoms with Crippen LogP contribution in [0.25, 0.3) is 0 Å². The van der Waals surface area contributed by atoms with Gasteiger partial charge in [-0.1, -0.05) is 41.6 Å². The lowest BCUT2D eigenvalue weighted by atomic mass is 10.1. The van der Waals surface area contributed by atoms with E-state index >= 15 is 0 Å². The average molecular weight is 520 g/mol. The lowest BCUT2D eigenvalue weighted by molar-refractivity contribution is -0.157. The maximum Gasteiger partial charge on any atom is 0.276 e. The van der Waals surface area contributed by atoms with Gasteiger partial charge in [0.15, 0.2) is 6.10 Å². The fraction of sp³-hybridized carbons (Fsp3) is 0.333. The first-order valence-electron chi connectivity index (χ1n) is 12.1. The van der Waals surface area contributed by atoms with Crippen LogP contribution in [0.4, 0.5) is 5.82 Å². The number of aryl methyl sites for hydroxylation is 1. The zero-order valence-corrected chi connectivity index (χ0v) is 21.1. The van der Waals surface area contributed by atoms with Crippen LogP contribution < -0.4 is 5.32 Å². The van der Waals surface area contributed by atoms with E-state index in [2.05, 4.69) is 27.2 Å². The van der Waals surface area contributed by atoms with E-state index in [0.717, 1.165) is 16.7 Å². The average Bonchev–Trinajstić information content (AvgIpc) is 3.56. The Kier molecular flexibility index (Phi) is 7.51. The number of benzene rings is 1. The van der Waals surface area contributed by atoms with Crippen LogP contribution in [-0.2, 0) is 14.3 Å². The molecule has 2 aromatic heterocycles. The van der Waals surface area contributed by atoms with Gasteiger partial charge >= 0.3 is 0 Å². The van der Waals surface area contributed by atoms with Gasteiger partial charge in [-0.25, -0.2) is 4.98 Å². The van der Waals surface area contributed by atoms with E-state index in [4.69, 9.17) is 21.1 Å². The fourth-order valence-electron chi connectivity index (χ4n) is 4.41. The number of carbonyl (C=O) groups excluding carboxylic acids is 2. The second-order valence-electron chi connectivity index (χ2n) is 8.91. The first-order chi connectivity index (χ1) is 18.0. The molecular formula is C27H26ClN5O4. The number of anilines is 1. The van der Waals surface area contributed by atoms with E-state index in [0.29, 0.717) is 38.5 Å². The van der Waals surface area contributed by atoms with E-state index in [1.807, 2.05) is 43.3 Å². The monoisotopic (exact) mass is 519 g/mol. The zero-order chi connectivity index (χ0) is 25.8. The molecule has 2 aliphatic rings. The number of hydrogen-bond donors (Lipinski definition) is 1. The molecule has 1 aromatic carbocycles. The number of likely N-dealkylation sites (tertiary alicyclic amines) is 1. The molecule has 1 N–H and O–H groups in total. The molecule has 2 atom stereocenters. The van der Waals surface area contributed by atoms with E-state index in [1.54, 1.807) is 15.8 Å². The van der Waals surface area contributed by atoms with Gasteiger partial charge in [0.05, 0.1) is 37.1 Å². The molecule has 0 bridgehead atoms. The first-order valence-corrected chi connectivity index (χ1v) is 12.4. The number of rotatable bonds is 4. The van der Waals surface area contributed by atoms with Crippen LogP contribution in [0, 0.1) is 18.8 Å². The molecule has 2 aliphatic heterocycles. The van der Waals surface area contributed by atoms with Crippen molar-refractivity contribution in [2.45, 2.75) is 25.5 Å². The summed E-state index contributed by atoms with van der Waals surface area (Å²) in [6.45, 7) is 3.95. The summed E-state index contributed by atoms with van der Waals surface area (Å²) in [5.41, 5.74) is 2.65. The fourth-order valence-corrected chi connectivity index (χ4v) is 4.63. The molecule has 0 spiro atoms. The van der Waals surface area contributed by atoms with Crippen molar-refractivity contribution in [1.29, 1.82) is 0 Å². The second-order valence-corrected chi connectivity index (χ2v) is 9.31. The maximum absolute atomic E-state index is 13.2. The zero-order valence-electron chi connectivity index (χ0n) is 20.3. The summed E-state index contributed by atoms with van der Waals surface area (Å²) in [7, 11) is 0. The van der Waals surface area contributed by atoms with Gasteiger partial charge in [-0.15, -0.1) is 0 Å². The van der Waals surface area contributed by atoms with Crippen LogP contribution >= 0.6 is 11.6 Å². The van der Waals surface area contributed by atoms with Gasteiger partial charge in [0, 0.05) is 30.4 Å². The third kappa shape index (κ3) is 5.67. The summed E-state index contributed by atoms with van der Waals surface area (Å²) in [5, 5.41) is 7.42. The lowest BCUT2D eigenvalue weighted by Crippen LogP contribution is -2.44. The quantitative estimate of drug-likeness (QED) is 0.532. The summed E-state index contributed by atoms with van der Waals surface area (Å²) >= 11 is 6.37. The lowest BCUT2D eigenvalue weighted by Gasteiger charge is -2.26. The van der Waals surface area contributed by atoms with E-state index < -0.39 is 12.0 Å². The van der Waals surface area contributed by atoms with Gasteiger partial charge in [-0.3, -0.25) is 14.3 Å². The Balaban J connectivity index is 1.27. The molecule has 0 aliphatic carbocycles. The summed E-state index contributed by atoms with van der Waals surface area (Å²) in [4.78, 5) is 32.2. The van der Waals surface area contributed by atoms with Crippen molar-refractivity contribution >= 4 is 29.2 Å². The molecule has 190 valence electrons. The van der Waals surface area contributed by atoms with Crippen molar-refractivity contribution in [1.82, 2.24) is 19.7 Å². The number of halogens is 1. The summed E-state index contributed by atoms with van der Waals surface area (Å²) in [6.07, 6.45) is 3.12. The van der Waals surface area contributed by atoms with Crippen molar-refractivity contribution in [3.8, 4) is 11.8 Å². The third-order valence-electron chi connectivity index (χ3n) is 6.31. The van der Waals surface area contributed by atoms with Crippen molar-refractivity contribution < 1.29 is 19.1 Å². The minimum absolute atomic E-state index is 0.110. The SMILES string of the molecule is Cc1cc(C#Cc2ccccc2)cnc1NC(=O)c1c(Cl)cnn1C1CCN(C(=O)C2COCCO2)C1. The van der Waals surface area contributed by atoms with E-state index in [-0.39, 0.29) is 29.3 Å². The molecular weight excluding hydrogens is 494 g/mol. The first kappa shape index (κ1) is 25.0. The summed E-state index contributed by atoms with van der Waals surface area (Å²) < 4.78 is 12.5. The minimum atomic E-state index is -0.592. The van der Waals surface area contributed by atoms with Crippen molar-refractivity contribution in [2.24, 2.45) is 0 Å². The largest absolute Gasteiger partial charge is 0.376 e. The standard InChI is InChI=1S/C27H26ClN5O4/c1-18-13-20(8-7-19-5-3-2-4-6-19)14-29-25(18)31-26(34)24-22(28)15-30-33(24)21-9-10-32(16-21)27(35)23-17-36-11-12-37-23/h2-6,13-15,21,23H,9-12,16-17H2,1H3,(H,29,31,34). The topological polar surface area (TPSA) is 98.6 Å². The third-order valence-corrected chi connectivity index (χ3v) is 6.59. The Labute approximate surface area is 219 Å². The minimum Gasteiger partial charge on any atom is -0.376 e. The van der Waals surface area contributed by atoms with Crippen LogP contribution in [0.5, 0.6) is 0 Å². The Morgan fingerprint density at radius 2 is 1.95 bits per heavy atom. The maximum atomic E-state index is 13.2. The van der Waals surface area contributed by atoms with E-state index in [1.165, 1.54) is 6.20 Å². The number of pyridine rings is 1. The van der Waals surface area contributed by atoms with Gasteiger partial charge in [-0.05, 0) is 37.1 Å². The number of amides is 2. The highest BCUT2D eigenvalue weighted by Gasteiger charge is 2.35. The highest BCUT2D eigenvalue weighted by molar-refractivity contribution is 6.34. The molecule has 37 heavy (non-hydrogen) atoms. The van der Waals surface area contributed by atoms with Gasteiger partial charge in [0.1, 0.15) is 11.5 Å². The summed E-state index contributed by atoms with van der Waals surface area (Å²) in [6, 6.07) is 11.4. The molecule has 10 heteroatoms. The molecule has 4 heterocycles. The molecule has 0 radical (unpaired) electrons. The predicted molar refractivity (Wildman–Crippen MR) is 137 cm³/mol. The second kappa shape index (κ2) is 11.1. The molecule has 9 nitrogen and oxygen atoms in total. The number of ether oxygens (including phenoxy) is 2. The van der Waals surface area contributed by atoms with Crippen molar-refractivity contribution in [2.75, 3.05) is 38.2 Å². The van der Waals surface area contributed by atoms with Crippen LogP contribution in [0.2, 0.25) is 5.02 Å². The van der Waals surface area contributed by atoms with Crippen LogP contribution in [0.1, 0.15) is 39.6 Å². The Bertz CT molecular complexity index is 1360. The number of carbonyl (C=O) groups is 2. The normalized spacial score (nSPS) is 19.2. The van der Waals surface area contributed by atoms with Gasteiger partial charge < -0.3 is 19.7 Å². The van der Waals surface area contributed by atoms with Crippen LogP contribution in [-0.4, -0.2) is 70.5 Å². The van der Waals surface area contributed by atoms with Crippen LogP contribution in [0.3, 0.4) is 0 Å². The molecule has 2 unspecified atom stereocenters. The Hall–Kier alpha value is -3.71. The van der Waals surface area contributed by atoms with E-state index in [9.17, 15) is 9.59 Å². The molecule has 2 amide bonds. The van der Waals surface area contributed by atoms with Gasteiger partial charge in [-0.2, -0.15) is 5.10 Å². The summed E-state index contributed by atoms with van der Waals surface area (Å²) in [5.74, 6) is 6.08. The smallest absolute Gasteiger partial charge is 0.276 e. The molecule has 3 aromatic rings. The highest BCUT2D eigenvalue weighted by atomic mass is 35.5. The van der Waals surface area contributed by atoms with Gasteiger partial charge in [0.2, 0.25) is 0 Å². The highest BCUT2D eigenvalue weighted by Crippen LogP contribution is 2.28. The molecule has 2 saturated heterocycles. The Morgan fingerprint density at radius 3 is 2.70 bits per heavy atom. The molecule has 5 rings (SSSR count). The van der Waals surface area contributed by atoms with Crippen molar-refractivity contribution in [3.63, 3.8) is 0 Å². The van der Waals surface area contributed by atoms with Crippen molar-refractivity contribution in [3.05, 3.63) is 76.2 Å². The Morgan fingerprint density at radius 1 is 1.14 bits per heavy atom. The van der Waals surface area contributed by atoms with Gasteiger partial charge in [0.25, 0.3) is 11.8 Å². The number of nitrogens with one attached hydrogen (secondary N) is 1. The molecule has 0 saturated carbocycles. The number of nitrogens with zero attached hydrogens (tertiary/aromatic N) is 4. The predicted octanol–water partition coefficient (Wildman–Crippen LogP) is 3.08. The number of hydrogen-bond acceptors (Lipinski definition) is 6.